The van der Waals surface area contributed by atoms with Gasteiger partial charge in [0.2, 0.25) is 5.91 Å². The van der Waals surface area contributed by atoms with Crippen LogP contribution in [-0.2, 0) is 4.79 Å². The van der Waals surface area contributed by atoms with Gasteiger partial charge in [-0.05, 0) is 66.2 Å². The van der Waals surface area contributed by atoms with Gasteiger partial charge in [-0.25, -0.2) is 0 Å². The standard InChI is InChI=1S/C19H25BrN2O3/c1-25-15-5-6-17(20)16(13-15)19(24)22-11-7-14(8-12-22)18(23)21-9-3-2-4-10-21/h5-6,13-14H,2-4,7-12H2,1H3. The molecule has 0 aromatic heterocycles. The minimum atomic E-state index is -0.00496. The number of benzene rings is 1. The minimum Gasteiger partial charge on any atom is -0.497 e. The summed E-state index contributed by atoms with van der Waals surface area (Å²) < 4.78 is 5.99. The van der Waals surface area contributed by atoms with E-state index < -0.39 is 0 Å². The Morgan fingerprint density at radius 3 is 2.36 bits per heavy atom. The molecular weight excluding hydrogens is 384 g/mol. The van der Waals surface area contributed by atoms with Crippen LogP contribution in [0.25, 0.3) is 0 Å². The molecule has 2 saturated heterocycles. The van der Waals surface area contributed by atoms with E-state index in [1.807, 2.05) is 21.9 Å². The number of piperidine rings is 2. The fraction of sp³-hybridized carbons (Fsp3) is 0.579. The first-order valence-electron chi connectivity index (χ1n) is 9.01. The van der Waals surface area contributed by atoms with Crippen LogP contribution in [0.4, 0.5) is 0 Å². The zero-order valence-electron chi connectivity index (χ0n) is 14.7. The SMILES string of the molecule is COc1ccc(Br)c(C(=O)N2CCC(C(=O)N3CCCCC3)CC2)c1. The number of likely N-dealkylation sites (tertiary alicyclic amines) is 2. The summed E-state index contributed by atoms with van der Waals surface area (Å²) in [5.41, 5.74) is 0.611. The first kappa shape index (κ1) is 18.2. The zero-order valence-corrected chi connectivity index (χ0v) is 16.3. The molecule has 0 unspecified atom stereocenters. The summed E-state index contributed by atoms with van der Waals surface area (Å²) in [5, 5.41) is 0. The fourth-order valence-electron chi connectivity index (χ4n) is 3.67. The fourth-order valence-corrected chi connectivity index (χ4v) is 4.08. The van der Waals surface area contributed by atoms with E-state index in [1.54, 1.807) is 13.2 Å². The molecule has 2 heterocycles. The van der Waals surface area contributed by atoms with Crippen LogP contribution in [0.3, 0.4) is 0 Å². The second-order valence-electron chi connectivity index (χ2n) is 6.80. The molecule has 0 atom stereocenters. The Balaban J connectivity index is 1.60. The van der Waals surface area contributed by atoms with E-state index in [9.17, 15) is 9.59 Å². The lowest BCUT2D eigenvalue weighted by Crippen LogP contribution is -2.45. The van der Waals surface area contributed by atoms with Gasteiger partial charge in [-0.3, -0.25) is 9.59 Å². The molecule has 3 rings (SSSR count). The Hall–Kier alpha value is -1.56. The van der Waals surface area contributed by atoms with Crippen LogP contribution >= 0.6 is 15.9 Å². The minimum absolute atomic E-state index is 0.00496. The first-order valence-corrected chi connectivity index (χ1v) is 9.81. The van der Waals surface area contributed by atoms with Gasteiger partial charge >= 0.3 is 0 Å². The average Bonchev–Trinajstić information content (AvgIpc) is 2.68. The summed E-state index contributed by atoms with van der Waals surface area (Å²) in [7, 11) is 1.59. The molecule has 6 heteroatoms. The highest BCUT2D eigenvalue weighted by Crippen LogP contribution is 2.27. The van der Waals surface area contributed by atoms with Crippen molar-refractivity contribution >= 4 is 27.7 Å². The van der Waals surface area contributed by atoms with Crippen molar-refractivity contribution in [2.75, 3.05) is 33.3 Å². The summed E-state index contributed by atoms with van der Waals surface area (Å²) in [6, 6.07) is 5.42. The van der Waals surface area contributed by atoms with Crippen molar-refractivity contribution in [3.63, 3.8) is 0 Å². The van der Waals surface area contributed by atoms with Gasteiger partial charge in [0.15, 0.2) is 0 Å². The molecule has 5 nitrogen and oxygen atoms in total. The van der Waals surface area contributed by atoms with Gasteiger partial charge in [0.05, 0.1) is 12.7 Å². The van der Waals surface area contributed by atoms with Gasteiger partial charge < -0.3 is 14.5 Å². The highest BCUT2D eigenvalue weighted by Gasteiger charge is 2.31. The van der Waals surface area contributed by atoms with E-state index in [-0.39, 0.29) is 17.7 Å². The second kappa shape index (κ2) is 8.21. The number of ether oxygens (including phenoxy) is 1. The number of methoxy groups -OCH3 is 1. The van der Waals surface area contributed by atoms with Crippen LogP contribution < -0.4 is 4.74 Å². The second-order valence-corrected chi connectivity index (χ2v) is 7.65. The number of hydrogen-bond donors (Lipinski definition) is 0. The van der Waals surface area contributed by atoms with Crippen LogP contribution in [0.1, 0.15) is 42.5 Å². The highest BCUT2D eigenvalue weighted by molar-refractivity contribution is 9.10. The van der Waals surface area contributed by atoms with E-state index >= 15 is 0 Å². The molecule has 2 amide bonds. The third-order valence-corrected chi connectivity index (χ3v) is 5.89. The van der Waals surface area contributed by atoms with E-state index in [2.05, 4.69) is 15.9 Å². The number of rotatable bonds is 3. The number of halogens is 1. The summed E-state index contributed by atoms with van der Waals surface area (Å²) in [6.45, 7) is 3.06. The predicted molar refractivity (Wildman–Crippen MR) is 99.8 cm³/mol. The van der Waals surface area contributed by atoms with Crippen LogP contribution in [0, 0.1) is 5.92 Å². The van der Waals surface area contributed by atoms with Gasteiger partial charge in [-0.2, -0.15) is 0 Å². The number of hydrogen-bond acceptors (Lipinski definition) is 3. The number of carbonyl (C=O) groups excluding carboxylic acids is 2. The normalized spacial score (nSPS) is 19.0. The number of nitrogens with zero attached hydrogens (tertiary/aromatic N) is 2. The lowest BCUT2D eigenvalue weighted by Gasteiger charge is -2.35. The Bertz CT molecular complexity index is 636. The van der Waals surface area contributed by atoms with Gasteiger partial charge in [-0.15, -0.1) is 0 Å². The molecular formula is C19H25BrN2O3. The molecule has 1 aromatic carbocycles. The molecule has 136 valence electrons. The van der Waals surface area contributed by atoms with Crippen LogP contribution in [0.2, 0.25) is 0 Å². The van der Waals surface area contributed by atoms with Gasteiger partial charge in [0.1, 0.15) is 5.75 Å². The van der Waals surface area contributed by atoms with E-state index in [1.165, 1.54) is 6.42 Å². The Kier molecular flexibility index (Phi) is 5.99. The largest absolute Gasteiger partial charge is 0.497 e. The summed E-state index contributed by atoms with van der Waals surface area (Å²) in [5.74, 6) is 1.02. The van der Waals surface area contributed by atoms with Crippen molar-refractivity contribution in [1.29, 1.82) is 0 Å². The van der Waals surface area contributed by atoms with E-state index in [4.69, 9.17) is 4.74 Å². The Morgan fingerprint density at radius 1 is 1.04 bits per heavy atom. The van der Waals surface area contributed by atoms with E-state index in [0.717, 1.165) is 43.2 Å². The molecule has 0 bridgehead atoms. The maximum Gasteiger partial charge on any atom is 0.255 e. The third-order valence-electron chi connectivity index (χ3n) is 5.20. The lowest BCUT2D eigenvalue weighted by atomic mass is 9.94. The molecule has 2 aliphatic rings. The molecule has 0 N–H and O–H groups in total. The summed E-state index contributed by atoms with van der Waals surface area (Å²) in [4.78, 5) is 29.3. The topological polar surface area (TPSA) is 49.9 Å². The molecule has 2 fully saturated rings. The van der Waals surface area contributed by atoms with Gasteiger partial charge in [-0.1, -0.05) is 0 Å². The molecule has 0 spiro atoms. The maximum atomic E-state index is 12.8. The van der Waals surface area contributed by atoms with E-state index in [0.29, 0.717) is 24.4 Å². The molecule has 2 aliphatic heterocycles. The smallest absolute Gasteiger partial charge is 0.255 e. The Labute approximate surface area is 157 Å². The molecule has 0 aliphatic carbocycles. The highest BCUT2D eigenvalue weighted by atomic mass is 79.9. The van der Waals surface area contributed by atoms with Crippen molar-refractivity contribution < 1.29 is 14.3 Å². The van der Waals surface area contributed by atoms with Gasteiger partial charge in [0.25, 0.3) is 5.91 Å². The third kappa shape index (κ3) is 4.17. The van der Waals surface area contributed by atoms with Crippen LogP contribution in [0.5, 0.6) is 5.75 Å². The van der Waals surface area contributed by atoms with Crippen molar-refractivity contribution in [2.24, 2.45) is 5.92 Å². The van der Waals surface area contributed by atoms with Crippen molar-refractivity contribution in [3.05, 3.63) is 28.2 Å². The quantitative estimate of drug-likeness (QED) is 0.770. The zero-order chi connectivity index (χ0) is 17.8. The monoisotopic (exact) mass is 408 g/mol. The van der Waals surface area contributed by atoms with Crippen LogP contribution in [0.15, 0.2) is 22.7 Å². The Morgan fingerprint density at radius 2 is 1.72 bits per heavy atom. The summed E-state index contributed by atoms with van der Waals surface area (Å²) >= 11 is 3.45. The number of amides is 2. The van der Waals surface area contributed by atoms with Crippen molar-refractivity contribution in [2.45, 2.75) is 32.1 Å². The number of carbonyl (C=O) groups is 2. The van der Waals surface area contributed by atoms with Gasteiger partial charge in [0, 0.05) is 36.6 Å². The summed E-state index contributed by atoms with van der Waals surface area (Å²) in [6.07, 6.45) is 4.97. The molecule has 1 aromatic rings. The van der Waals surface area contributed by atoms with Crippen LogP contribution in [-0.4, -0.2) is 54.9 Å². The molecule has 0 radical (unpaired) electrons. The molecule has 0 saturated carbocycles. The maximum absolute atomic E-state index is 12.8. The first-order chi connectivity index (χ1) is 12.1. The van der Waals surface area contributed by atoms with Crippen molar-refractivity contribution in [3.8, 4) is 5.75 Å². The predicted octanol–water partition coefficient (Wildman–Crippen LogP) is 3.32. The molecule has 25 heavy (non-hydrogen) atoms. The lowest BCUT2D eigenvalue weighted by molar-refractivity contribution is -0.137. The van der Waals surface area contributed by atoms with Crippen molar-refractivity contribution in [1.82, 2.24) is 9.80 Å². The average molecular weight is 409 g/mol.